The second kappa shape index (κ2) is 3.49. The van der Waals surface area contributed by atoms with E-state index < -0.39 is 0 Å². The van der Waals surface area contributed by atoms with Crippen LogP contribution in [-0.4, -0.2) is 28.9 Å². The van der Waals surface area contributed by atoms with Crippen LogP contribution < -0.4 is 5.73 Å². The summed E-state index contributed by atoms with van der Waals surface area (Å²) in [4.78, 5) is 17.4. The van der Waals surface area contributed by atoms with Gasteiger partial charge in [-0.15, -0.1) is 0 Å². The fourth-order valence-corrected chi connectivity index (χ4v) is 1.36. The molecule has 1 aliphatic rings. The summed E-state index contributed by atoms with van der Waals surface area (Å²) in [6, 6.07) is 3.33. The third kappa shape index (κ3) is 1.59. The number of pyridine rings is 1. The van der Waals surface area contributed by atoms with E-state index in [1.165, 1.54) is 6.20 Å². The minimum atomic E-state index is 0.00231. The number of nitrogens with two attached hydrogens (primary N) is 1. The first-order valence-corrected chi connectivity index (χ1v) is 4.43. The van der Waals surface area contributed by atoms with Gasteiger partial charge in [0.15, 0.2) is 0 Å². The number of amides is 1. The summed E-state index contributed by atoms with van der Waals surface area (Å²) in [5, 5.41) is 0. The third-order valence-corrected chi connectivity index (χ3v) is 2.14. The van der Waals surface area contributed by atoms with Crippen molar-refractivity contribution in [2.45, 2.75) is 0 Å². The van der Waals surface area contributed by atoms with Crippen molar-refractivity contribution < 1.29 is 4.79 Å². The van der Waals surface area contributed by atoms with Crippen molar-refractivity contribution in [2.75, 3.05) is 18.8 Å². The molecule has 2 N–H and O–H groups in total. The third-order valence-electron chi connectivity index (χ3n) is 2.14. The van der Waals surface area contributed by atoms with Crippen LogP contribution in [0.5, 0.6) is 0 Å². The van der Waals surface area contributed by atoms with Gasteiger partial charge in [-0.3, -0.25) is 4.79 Å². The number of nitrogen functional groups attached to an aromatic ring is 1. The molecule has 0 bridgehead atoms. The highest BCUT2D eigenvalue weighted by molar-refractivity contribution is 5.94. The largest absolute Gasteiger partial charge is 0.384 e. The Hall–Kier alpha value is -1.84. The number of nitrogens with zero attached hydrogens (tertiary/aromatic N) is 2. The molecule has 4 heteroatoms. The lowest BCUT2D eigenvalue weighted by atomic mass is 10.2. The van der Waals surface area contributed by atoms with Crippen molar-refractivity contribution in [1.29, 1.82) is 0 Å². The predicted octanol–water partition coefficient (Wildman–Crippen LogP) is 0.676. The first kappa shape index (κ1) is 8.74. The monoisotopic (exact) mass is 189 g/mol. The molecule has 1 amide bonds. The lowest BCUT2D eigenvalue weighted by molar-refractivity contribution is 0.0799. The van der Waals surface area contributed by atoms with Crippen LogP contribution in [0.1, 0.15) is 10.4 Å². The van der Waals surface area contributed by atoms with E-state index in [1.807, 2.05) is 12.2 Å². The molecule has 0 aliphatic carbocycles. The van der Waals surface area contributed by atoms with E-state index in [2.05, 4.69) is 4.98 Å². The maximum Gasteiger partial charge on any atom is 0.255 e. The van der Waals surface area contributed by atoms with E-state index in [9.17, 15) is 4.79 Å². The van der Waals surface area contributed by atoms with E-state index in [4.69, 9.17) is 5.73 Å². The first-order valence-electron chi connectivity index (χ1n) is 4.43. The number of carbonyl (C=O) groups is 1. The minimum absolute atomic E-state index is 0.00231. The van der Waals surface area contributed by atoms with Crippen LogP contribution in [0, 0.1) is 0 Å². The van der Waals surface area contributed by atoms with Gasteiger partial charge in [-0.25, -0.2) is 4.98 Å². The van der Waals surface area contributed by atoms with Crippen molar-refractivity contribution in [3.63, 3.8) is 0 Å². The maximum atomic E-state index is 11.8. The highest BCUT2D eigenvalue weighted by Crippen LogP contribution is 2.08. The SMILES string of the molecule is Nc1ccc(C(=O)N2CC=CC2)cn1. The van der Waals surface area contributed by atoms with Gasteiger partial charge in [0.1, 0.15) is 5.82 Å². The van der Waals surface area contributed by atoms with Crippen LogP contribution in [0.25, 0.3) is 0 Å². The molecule has 72 valence electrons. The Morgan fingerprint density at radius 3 is 2.64 bits per heavy atom. The number of aromatic nitrogens is 1. The van der Waals surface area contributed by atoms with E-state index in [1.54, 1.807) is 17.0 Å². The van der Waals surface area contributed by atoms with Crippen LogP contribution >= 0.6 is 0 Å². The Labute approximate surface area is 82.0 Å². The summed E-state index contributed by atoms with van der Waals surface area (Å²) >= 11 is 0. The van der Waals surface area contributed by atoms with E-state index >= 15 is 0 Å². The van der Waals surface area contributed by atoms with Crippen molar-refractivity contribution in [1.82, 2.24) is 9.88 Å². The van der Waals surface area contributed by atoms with Gasteiger partial charge >= 0.3 is 0 Å². The van der Waals surface area contributed by atoms with Gasteiger partial charge in [-0.05, 0) is 12.1 Å². The van der Waals surface area contributed by atoms with Gasteiger partial charge in [0.2, 0.25) is 0 Å². The lowest BCUT2D eigenvalue weighted by Gasteiger charge is -2.14. The molecule has 0 saturated carbocycles. The summed E-state index contributed by atoms with van der Waals surface area (Å²) in [5.74, 6) is 0.434. The highest BCUT2D eigenvalue weighted by atomic mass is 16.2. The summed E-state index contributed by atoms with van der Waals surface area (Å²) in [6.45, 7) is 1.37. The topological polar surface area (TPSA) is 59.2 Å². The number of carbonyl (C=O) groups excluding carboxylic acids is 1. The van der Waals surface area contributed by atoms with Crippen LogP contribution in [0.2, 0.25) is 0 Å². The molecule has 14 heavy (non-hydrogen) atoms. The zero-order chi connectivity index (χ0) is 9.97. The van der Waals surface area contributed by atoms with Crippen LogP contribution in [0.3, 0.4) is 0 Å². The number of anilines is 1. The summed E-state index contributed by atoms with van der Waals surface area (Å²) in [6.07, 6.45) is 5.46. The average molecular weight is 189 g/mol. The molecule has 4 nitrogen and oxygen atoms in total. The van der Waals surface area contributed by atoms with E-state index in [0.717, 1.165) is 0 Å². The molecule has 0 atom stereocenters. The minimum Gasteiger partial charge on any atom is -0.384 e. The van der Waals surface area contributed by atoms with Crippen molar-refractivity contribution in [3.05, 3.63) is 36.0 Å². The molecule has 0 fully saturated rings. The predicted molar refractivity (Wildman–Crippen MR) is 53.7 cm³/mol. The van der Waals surface area contributed by atoms with Crippen LogP contribution in [0.15, 0.2) is 30.5 Å². The molecule has 0 radical (unpaired) electrons. The molecule has 0 saturated heterocycles. The smallest absolute Gasteiger partial charge is 0.255 e. The molecule has 1 aliphatic heterocycles. The Morgan fingerprint density at radius 2 is 2.07 bits per heavy atom. The summed E-state index contributed by atoms with van der Waals surface area (Å²) < 4.78 is 0. The second-order valence-electron chi connectivity index (χ2n) is 3.15. The zero-order valence-electron chi connectivity index (χ0n) is 7.68. The number of hydrogen-bond acceptors (Lipinski definition) is 3. The lowest BCUT2D eigenvalue weighted by Crippen LogP contribution is -2.28. The van der Waals surface area contributed by atoms with Crippen molar-refractivity contribution in [2.24, 2.45) is 0 Å². The molecule has 0 spiro atoms. The normalized spacial score (nSPS) is 14.7. The molecular weight excluding hydrogens is 178 g/mol. The van der Waals surface area contributed by atoms with Gasteiger partial charge in [0, 0.05) is 19.3 Å². The Kier molecular flexibility index (Phi) is 2.18. The molecular formula is C10H11N3O. The fraction of sp³-hybridized carbons (Fsp3) is 0.200. The molecule has 0 unspecified atom stereocenters. The quantitative estimate of drug-likeness (QED) is 0.661. The summed E-state index contributed by atoms with van der Waals surface area (Å²) in [7, 11) is 0. The van der Waals surface area contributed by atoms with Crippen molar-refractivity contribution >= 4 is 11.7 Å². The number of hydrogen-bond donors (Lipinski definition) is 1. The highest BCUT2D eigenvalue weighted by Gasteiger charge is 2.15. The molecule has 0 aromatic carbocycles. The number of rotatable bonds is 1. The Balaban J connectivity index is 2.14. The fourth-order valence-electron chi connectivity index (χ4n) is 1.36. The Bertz CT molecular complexity index is 361. The van der Waals surface area contributed by atoms with E-state index in [-0.39, 0.29) is 5.91 Å². The average Bonchev–Trinajstić information content (AvgIpc) is 2.71. The van der Waals surface area contributed by atoms with Crippen LogP contribution in [-0.2, 0) is 0 Å². The first-order chi connectivity index (χ1) is 6.77. The molecule has 2 rings (SSSR count). The van der Waals surface area contributed by atoms with Gasteiger partial charge in [0.05, 0.1) is 5.56 Å². The Morgan fingerprint density at radius 1 is 1.36 bits per heavy atom. The summed E-state index contributed by atoms with van der Waals surface area (Å²) in [5.41, 5.74) is 6.02. The van der Waals surface area contributed by atoms with Gasteiger partial charge in [0.25, 0.3) is 5.91 Å². The van der Waals surface area contributed by atoms with Crippen molar-refractivity contribution in [3.8, 4) is 0 Å². The standard InChI is InChI=1S/C10H11N3O/c11-9-4-3-8(7-12-9)10(14)13-5-1-2-6-13/h1-4,7H,5-6H2,(H2,11,12). The molecule has 1 aromatic rings. The molecule has 1 aromatic heterocycles. The van der Waals surface area contributed by atoms with Gasteiger partial charge < -0.3 is 10.6 Å². The second-order valence-corrected chi connectivity index (χ2v) is 3.15. The van der Waals surface area contributed by atoms with Crippen LogP contribution in [0.4, 0.5) is 5.82 Å². The molecule has 2 heterocycles. The zero-order valence-corrected chi connectivity index (χ0v) is 7.68. The van der Waals surface area contributed by atoms with E-state index in [0.29, 0.717) is 24.5 Å². The van der Waals surface area contributed by atoms with Gasteiger partial charge in [-0.1, -0.05) is 12.2 Å². The van der Waals surface area contributed by atoms with Gasteiger partial charge in [-0.2, -0.15) is 0 Å². The maximum absolute atomic E-state index is 11.8.